The molecule has 194 valence electrons. The van der Waals surface area contributed by atoms with Crippen molar-refractivity contribution in [3.63, 3.8) is 0 Å². The zero-order valence-electron chi connectivity index (χ0n) is 20.9. The highest BCUT2D eigenvalue weighted by molar-refractivity contribution is 6.12. The van der Waals surface area contributed by atoms with Gasteiger partial charge in [-0.1, -0.05) is 0 Å². The van der Waals surface area contributed by atoms with E-state index in [1.807, 2.05) is 0 Å². The van der Waals surface area contributed by atoms with Crippen LogP contribution in [-0.2, 0) is 11.2 Å². The van der Waals surface area contributed by atoms with Crippen LogP contribution >= 0.6 is 0 Å². The Morgan fingerprint density at radius 3 is 2.67 bits per heavy atom. The van der Waals surface area contributed by atoms with Gasteiger partial charge in [0.1, 0.15) is 5.84 Å². The van der Waals surface area contributed by atoms with Crippen molar-refractivity contribution in [2.45, 2.75) is 45.1 Å². The lowest BCUT2D eigenvalue weighted by molar-refractivity contribution is -0.128. The van der Waals surface area contributed by atoms with Gasteiger partial charge in [-0.05, 0) is 55.6 Å². The van der Waals surface area contributed by atoms with Gasteiger partial charge in [0.2, 0.25) is 5.91 Å². The third-order valence-corrected chi connectivity index (χ3v) is 7.20. The van der Waals surface area contributed by atoms with Gasteiger partial charge < -0.3 is 26.2 Å². The number of amides is 1. The van der Waals surface area contributed by atoms with Crippen molar-refractivity contribution < 1.29 is 13.6 Å². The molecule has 3 aliphatic rings. The number of hydrogen-bond acceptors (Lipinski definition) is 6. The molecular weight excluding hydrogens is 464 g/mol. The van der Waals surface area contributed by atoms with Crippen LogP contribution in [0, 0.1) is 5.41 Å². The van der Waals surface area contributed by atoms with E-state index >= 15 is 0 Å². The van der Waals surface area contributed by atoms with E-state index in [1.54, 1.807) is 22.9 Å². The van der Waals surface area contributed by atoms with E-state index in [0.717, 1.165) is 42.8 Å². The first-order chi connectivity index (χ1) is 17.3. The standard InChI is InChI=1S/C26H35F2N7O/c1-16(36)34-9-6-23(33-19-3-7-32-8-4-19)22(15-34)26(30)35-10-5-17-11-20(18(13-29)14-31-2)21(25(27)28)12-24(17)35/h11-14,19,25,30,32-33H,3-10,15,29H2,1-2H3. The van der Waals surface area contributed by atoms with Crippen molar-refractivity contribution in [1.29, 1.82) is 5.41 Å². The molecule has 5 N–H and O–H groups in total. The number of benzene rings is 1. The second-order valence-electron chi connectivity index (χ2n) is 9.44. The summed E-state index contributed by atoms with van der Waals surface area (Å²) in [7, 11) is 1.57. The van der Waals surface area contributed by atoms with E-state index in [2.05, 4.69) is 15.6 Å². The fraction of sp³-hybridized carbons (Fsp3) is 0.500. The van der Waals surface area contributed by atoms with E-state index in [1.165, 1.54) is 25.4 Å². The summed E-state index contributed by atoms with van der Waals surface area (Å²) in [5, 5.41) is 16.2. The molecule has 3 heterocycles. The van der Waals surface area contributed by atoms with Crippen LogP contribution in [0.1, 0.15) is 49.3 Å². The van der Waals surface area contributed by atoms with Crippen LogP contribution in [0.2, 0.25) is 0 Å². The first kappa shape index (κ1) is 25.8. The molecule has 1 saturated heterocycles. The van der Waals surface area contributed by atoms with Crippen molar-refractivity contribution in [1.82, 2.24) is 15.5 Å². The summed E-state index contributed by atoms with van der Waals surface area (Å²) < 4.78 is 28.3. The van der Waals surface area contributed by atoms with Crippen LogP contribution in [0.3, 0.4) is 0 Å². The molecule has 0 unspecified atom stereocenters. The first-order valence-electron chi connectivity index (χ1n) is 12.4. The molecule has 0 aliphatic carbocycles. The molecule has 10 heteroatoms. The summed E-state index contributed by atoms with van der Waals surface area (Å²) in [6, 6.07) is 3.54. The van der Waals surface area contributed by atoms with Gasteiger partial charge >= 0.3 is 0 Å². The van der Waals surface area contributed by atoms with Crippen molar-refractivity contribution in [2.75, 3.05) is 44.7 Å². The number of alkyl halides is 2. The number of halogens is 2. The molecule has 0 atom stereocenters. The predicted octanol–water partition coefficient (Wildman–Crippen LogP) is 2.81. The number of aliphatic imine (C=N–C) groups is 1. The summed E-state index contributed by atoms with van der Waals surface area (Å²) in [5.41, 5.74) is 9.60. The van der Waals surface area contributed by atoms with Crippen molar-refractivity contribution in [3.8, 4) is 0 Å². The van der Waals surface area contributed by atoms with Gasteiger partial charge in [0.05, 0.1) is 6.54 Å². The van der Waals surface area contributed by atoms with Gasteiger partial charge in [-0.25, -0.2) is 8.78 Å². The molecule has 3 aliphatic heterocycles. The fourth-order valence-electron chi connectivity index (χ4n) is 5.24. The highest BCUT2D eigenvalue weighted by Crippen LogP contribution is 2.38. The van der Waals surface area contributed by atoms with Crippen LogP contribution in [0.5, 0.6) is 0 Å². The van der Waals surface area contributed by atoms with Gasteiger partial charge in [-0.2, -0.15) is 0 Å². The Balaban J connectivity index is 1.70. The number of piperidine rings is 1. The third-order valence-electron chi connectivity index (χ3n) is 7.20. The van der Waals surface area contributed by atoms with Crippen LogP contribution in [0.25, 0.3) is 5.57 Å². The Kier molecular flexibility index (Phi) is 8.03. The maximum Gasteiger partial charge on any atom is 0.264 e. The fourth-order valence-corrected chi connectivity index (χ4v) is 5.24. The Morgan fingerprint density at radius 2 is 2.03 bits per heavy atom. The number of nitrogens with two attached hydrogens (primary N) is 1. The number of hydrogen-bond donors (Lipinski definition) is 4. The minimum absolute atomic E-state index is 0.0358. The van der Waals surface area contributed by atoms with Gasteiger partial charge in [0.25, 0.3) is 6.43 Å². The lowest BCUT2D eigenvalue weighted by Crippen LogP contribution is -2.46. The lowest BCUT2D eigenvalue weighted by Gasteiger charge is -2.35. The summed E-state index contributed by atoms with van der Waals surface area (Å²) in [6.45, 7) is 4.86. The van der Waals surface area contributed by atoms with Gasteiger partial charge in [-0.15, -0.1) is 0 Å². The Morgan fingerprint density at radius 1 is 1.28 bits per heavy atom. The zero-order valence-corrected chi connectivity index (χ0v) is 20.9. The summed E-state index contributed by atoms with van der Waals surface area (Å²) in [6.07, 6.45) is 3.31. The molecule has 1 aromatic carbocycles. The van der Waals surface area contributed by atoms with Crippen molar-refractivity contribution in [2.24, 2.45) is 10.7 Å². The van der Waals surface area contributed by atoms with E-state index in [-0.39, 0.29) is 17.3 Å². The molecule has 4 rings (SSSR count). The number of nitrogens with one attached hydrogen (secondary N) is 3. The second kappa shape index (κ2) is 11.2. The monoisotopic (exact) mass is 499 g/mol. The maximum atomic E-state index is 14.1. The van der Waals surface area contributed by atoms with E-state index in [4.69, 9.17) is 11.1 Å². The molecule has 36 heavy (non-hydrogen) atoms. The van der Waals surface area contributed by atoms with E-state index in [9.17, 15) is 13.6 Å². The van der Waals surface area contributed by atoms with E-state index < -0.39 is 6.43 Å². The minimum Gasteiger partial charge on any atom is -0.404 e. The number of carbonyl (C=O) groups excluding carboxylic acids is 1. The quantitative estimate of drug-likeness (QED) is 0.356. The zero-order chi connectivity index (χ0) is 25.8. The number of anilines is 1. The topological polar surface area (TPSA) is 110 Å². The number of nitrogens with zero attached hydrogens (tertiary/aromatic N) is 3. The van der Waals surface area contributed by atoms with Crippen molar-refractivity contribution >= 4 is 29.2 Å². The van der Waals surface area contributed by atoms with Crippen molar-refractivity contribution in [3.05, 3.63) is 46.3 Å². The van der Waals surface area contributed by atoms with Crippen LogP contribution in [0.15, 0.2) is 34.6 Å². The number of fused-ring (bicyclic) bond motifs is 1. The summed E-state index contributed by atoms with van der Waals surface area (Å²) in [4.78, 5) is 19.7. The Hall–Kier alpha value is -3.27. The third kappa shape index (κ3) is 5.28. The Labute approximate surface area is 210 Å². The molecule has 0 spiro atoms. The number of allylic oxidation sites excluding steroid dienone is 1. The SMILES string of the molecule is CN=CC(=CN)c1cc2c(cc1C(F)F)N(C(=N)C1=C(NC3CCNCC3)CCN(C(C)=O)C1)CC2. The largest absolute Gasteiger partial charge is 0.404 e. The van der Waals surface area contributed by atoms with E-state index in [0.29, 0.717) is 55.3 Å². The van der Waals surface area contributed by atoms with Gasteiger partial charge in [0.15, 0.2) is 0 Å². The van der Waals surface area contributed by atoms with Gasteiger partial charge in [-0.3, -0.25) is 15.2 Å². The predicted molar refractivity (Wildman–Crippen MR) is 140 cm³/mol. The molecule has 0 aromatic heterocycles. The normalized spacial score (nSPS) is 19.4. The average molecular weight is 500 g/mol. The number of rotatable bonds is 6. The number of amidine groups is 1. The lowest BCUT2D eigenvalue weighted by atomic mass is 9.96. The highest BCUT2D eigenvalue weighted by atomic mass is 19.3. The van der Waals surface area contributed by atoms with Crippen LogP contribution < -0.4 is 21.3 Å². The minimum atomic E-state index is -2.71. The molecule has 1 aromatic rings. The maximum absolute atomic E-state index is 14.1. The van der Waals surface area contributed by atoms with Gasteiger partial charge in [0, 0.05) is 80.0 Å². The van der Waals surface area contributed by atoms with Crippen LogP contribution in [-0.4, -0.2) is 68.7 Å². The molecule has 0 bridgehead atoms. The van der Waals surface area contributed by atoms with Crippen LogP contribution in [0.4, 0.5) is 14.5 Å². The molecular formula is C26H35F2N7O. The average Bonchev–Trinajstić information content (AvgIpc) is 3.29. The second-order valence-corrected chi connectivity index (χ2v) is 9.44. The number of carbonyl (C=O) groups is 1. The summed E-state index contributed by atoms with van der Waals surface area (Å²) in [5.74, 6) is 0.222. The highest BCUT2D eigenvalue weighted by Gasteiger charge is 2.32. The smallest absolute Gasteiger partial charge is 0.264 e. The molecule has 1 amide bonds. The molecule has 0 saturated carbocycles. The molecule has 1 fully saturated rings. The molecule has 8 nitrogen and oxygen atoms in total. The molecule has 0 radical (unpaired) electrons. The summed E-state index contributed by atoms with van der Waals surface area (Å²) >= 11 is 0. The Bertz CT molecular complexity index is 1110. The first-order valence-corrected chi connectivity index (χ1v) is 12.4.